The van der Waals surface area contributed by atoms with Crippen LogP contribution >= 0.6 is 0 Å². The fourth-order valence-electron chi connectivity index (χ4n) is 3.33. The Kier molecular flexibility index (Phi) is 6.07. The Morgan fingerprint density at radius 2 is 1.89 bits per heavy atom. The molecule has 0 aliphatic carbocycles. The molecule has 0 radical (unpaired) electrons. The van der Waals surface area contributed by atoms with Crippen LogP contribution in [0.5, 0.6) is 0 Å². The highest BCUT2D eigenvalue weighted by atomic mass is 16.1. The number of rotatable bonds is 7. The monoisotopic (exact) mass is 361 g/mol. The highest BCUT2D eigenvalue weighted by molar-refractivity contribution is 5.96. The SMILES string of the molecule is CCCC(NC(=O)c1ccccc1Cc1ccc(C)cc1)c1nccn1C. The summed E-state index contributed by atoms with van der Waals surface area (Å²) in [6.45, 7) is 4.20. The molecule has 0 spiro atoms. The first-order chi connectivity index (χ1) is 13.1. The second-order valence-corrected chi connectivity index (χ2v) is 7.03. The van der Waals surface area contributed by atoms with E-state index in [4.69, 9.17) is 0 Å². The van der Waals surface area contributed by atoms with Gasteiger partial charge >= 0.3 is 0 Å². The zero-order valence-electron chi connectivity index (χ0n) is 16.3. The maximum atomic E-state index is 13.1. The van der Waals surface area contributed by atoms with Crippen molar-refractivity contribution in [2.24, 2.45) is 7.05 Å². The van der Waals surface area contributed by atoms with E-state index in [-0.39, 0.29) is 11.9 Å². The van der Waals surface area contributed by atoms with E-state index in [9.17, 15) is 4.79 Å². The topological polar surface area (TPSA) is 46.9 Å². The van der Waals surface area contributed by atoms with Crippen molar-refractivity contribution in [3.8, 4) is 0 Å². The minimum atomic E-state index is -0.0880. The number of nitrogens with one attached hydrogen (secondary N) is 1. The van der Waals surface area contributed by atoms with E-state index in [0.717, 1.165) is 36.2 Å². The predicted molar refractivity (Wildman–Crippen MR) is 109 cm³/mol. The van der Waals surface area contributed by atoms with Crippen molar-refractivity contribution in [1.29, 1.82) is 0 Å². The Hall–Kier alpha value is -2.88. The molecule has 27 heavy (non-hydrogen) atoms. The van der Waals surface area contributed by atoms with Gasteiger partial charge < -0.3 is 9.88 Å². The third kappa shape index (κ3) is 4.64. The van der Waals surface area contributed by atoms with Crippen LogP contribution in [0.1, 0.15) is 58.7 Å². The van der Waals surface area contributed by atoms with Gasteiger partial charge in [-0.15, -0.1) is 0 Å². The molecule has 0 saturated heterocycles. The summed E-state index contributed by atoms with van der Waals surface area (Å²) in [5.74, 6) is 0.848. The van der Waals surface area contributed by atoms with Crippen LogP contribution in [0.15, 0.2) is 60.9 Å². The fraction of sp³-hybridized carbons (Fsp3) is 0.304. The normalized spacial score (nSPS) is 12.0. The van der Waals surface area contributed by atoms with Crippen molar-refractivity contribution >= 4 is 5.91 Å². The van der Waals surface area contributed by atoms with Gasteiger partial charge in [0.05, 0.1) is 6.04 Å². The molecule has 2 aromatic carbocycles. The molecule has 4 heteroatoms. The number of carbonyl (C=O) groups is 1. The second kappa shape index (κ2) is 8.67. The summed E-state index contributed by atoms with van der Waals surface area (Å²) in [4.78, 5) is 17.5. The van der Waals surface area contributed by atoms with Gasteiger partial charge in [-0.2, -0.15) is 0 Å². The van der Waals surface area contributed by atoms with Gasteiger partial charge in [0.1, 0.15) is 5.82 Å². The number of aryl methyl sites for hydroxylation is 2. The van der Waals surface area contributed by atoms with E-state index in [1.165, 1.54) is 11.1 Å². The second-order valence-electron chi connectivity index (χ2n) is 7.03. The third-order valence-electron chi connectivity index (χ3n) is 4.83. The van der Waals surface area contributed by atoms with Gasteiger partial charge in [0.15, 0.2) is 0 Å². The van der Waals surface area contributed by atoms with Crippen LogP contribution < -0.4 is 5.32 Å². The molecule has 0 aliphatic heterocycles. The predicted octanol–water partition coefficient (Wildman–Crippen LogP) is 4.59. The van der Waals surface area contributed by atoms with Gasteiger partial charge in [-0.1, -0.05) is 61.4 Å². The molecule has 4 nitrogen and oxygen atoms in total. The van der Waals surface area contributed by atoms with E-state index in [1.807, 2.05) is 42.1 Å². The third-order valence-corrected chi connectivity index (χ3v) is 4.83. The average molecular weight is 361 g/mol. The Balaban J connectivity index is 1.81. The molecular formula is C23H27N3O. The molecule has 0 saturated carbocycles. The first kappa shape index (κ1) is 18.9. The first-order valence-corrected chi connectivity index (χ1v) is 9.50. The lowest BCUT2D eigenvalue weighted by molar-refractivity contribution is 0.0931. The van der Waals surface area contributed by atoms with E-state index < -0.39 is 0 Å². The average Bonchev–Trinajstić information content (AvgIpc) is 3.09. The molecule has 3 rings (SSSR count). The summed E-state index contributed by atoms with van der Waals surface area (Å²) in [5, 5.41) is 3.19. The zero-order valence-corrected chi connectivity index (χ0v) is 16.3. The minimum absolute atomic E-state index is 0.0424. The Bertz CT molecular complexity index is 896. The van der Waals surface area contributed by atoms with Gasteiger partial charge in [-0.25, -0.2) is 4.98 Å². The maximum Gasteiger partial charge on any atom is 0.252 e. The smallest absolute Gasteiger partial charge is 0.252 e. The van der Waals surface area contributed by atoms with Gasteiger partial charge in [0.2, 0.25) is 0 Å². The van der Waals surface area contributed by atoms with Gasteiger partial charge in [0.25, 0.3) is 5.91 Å². The molecular weight excluding hydrogens is 334 g/mol. The summed E-state index contributed by atoms with van der Waals surface area (Å²) in [6.07, 6.45) is 6.26. The maximum absolute atomic E-state index is 13.1. The number of amides is 1. The van der Waals surface area contributed by atoms with E-state index >= 15 is 0 Å². The standard InChI is InChI=1S/C23H27N3O/c1-4-7-21(22-24-14-15-26(22)3)25-23(27)20-9-6-5-8-19(20)16-18-12-10-17(2)11-13-18/h5-6,8-15,21H,4,7,16H2,1-3H3,(H,25,27). The number of benzene rings is 2. The molecule has 1 amide bonds. The molecule has 1 atom stereocenters. The van der Waals surface area contributed by atoms with E-state index in [1.54, 1.807) is 6.20 Å². The largest absolute Gasteiger partial charge is 0.342 e. The quantitative estimate of drug-likeness (QED) is 0.669. The van der Waals surface area contributed by atoms with Crippen molar-refractivity contribution in [3.05, 3.63) is 89.0 Å². The summed E-state index contributed by atoms with van der Waals surface area (Å²) >= 11 is 0. The number of carbonyl (C=O) groups excluding carboxylic acids is 1. The molecule has 3 aromatic rings. The van der Waals surface area contributed by atoms with Crippen LogP contribution in [0, 0.1) is 6.92 Å². The molecule has 0 bridgehead atoms. The van der Waals surface area contributed by atoms with Crippen LogP contribution in [0.25, 0.3) is 0 Å². The Morgan fingerprint density at radius 1 is 1.15 bits per heavy atom. The molecule has 1 aromatic heterocycles. The van der Waals surface area contributed by atoms with Crippen LogP contribution in [0.3, 0.4) is 0 Å². The molecule has 0 fully saturated rings. The number of aromatic nitrogens is 2. The zero-order chi connectivity index (χ0) is 19.2. The summed E-state index contributed by atoms with van der Waals surface area (Å²) in [7, 11) is 1.96. The van der Waals surface area contributed by atoms with Gasteiger partial charge in [-0.05, 0) is 37.0 Å². The van der Waals surface area contributed by atoms with Crippen LogP contribution in [0.2, 0.25) is 0 Å². The molecule has 1 N–H and O–H groups in total. The van der Waals surface area contributed by atoms with Crippen LogP contribution in [-0.2, 0) is 13.5 Å². The highest BCUT2D eigenvalue weighted by Crippen LogP contribution is 2.20. The molecule has 1 unspecified atom stereocenters. The molecule has 1 heterocycles. The molecule has 0 aliphatic rings. The van der Waals surface area contributed by atoms with Crippen molar-refractivity contribution in [3.63, 3.8) is 0 Å². The van der Waals surface area contributed by atoms with E-state index in [2.05, 4.69) is 48.4 Å². The Morgan fingerprint density at radius 3 is 2.56 bits per heavy atom. The van der Waals surface area contributed by atoms with Crippen LogP contribution in [0.4, 0.5) is 0 Å². The van der Waals surface area contributed by atoms with Crippen LogP contribution in [-0.4, -0.2) is 15.5 Å². The fourth-order valence-corrected chi connectivity index (χ4v) is 3.33. The highest BCUT2D eigenvalue weighted by Gasteiger charge is 2.20. The lowest BCUT2D eigenvalue weighted by atomic mass is 9.98. The number of nitrogens with zero attached hydrogens (tertiary/aromatic N) is 2. The van der Waals surface area contributed by atoms with Crippen molar-refractivity contribution < 1.29 is 4.79 Å². The summed E-state index contributed by atoms with van der Waals surface area (Å²) < 4.78 is 1.97. The van der Waals surface area contributed by atoms with Crippen molar-refractivity contribution in [2.45, 2.75) is 39.2 Å². The minimum Gasteiger partial charge on any atom is -0.342 e. The lowest BCUT2D eigenvalue weighted by Crippen LogP contribution is -2.31. The van der Waals surface area contributed by atoms with Gasteiger partial charge in [0, 0.05) is 25.0 Å². The molecule has 140 valence electrons. The van der Waals surface area contributed by atoms with E-state index in [0.29, 0.717) is 0 Å². The number of imidazole rings is 1. The summed E-state index contributed by atoms with van der Waals surface area (Å²) in [5.41, 5.74) is 4.21. The number of hydrogen-bond acceptors (Lipinski definition) is 2. The Labute approximate surface area is 161 Å². The lowest BCUT2D eigenvalue weighted by Gasteiger charge is -2.19. The van der Waals surface area contributed by atoms with Crippen molar-refractivity contribution in [1.82, 2.24) is 14.9 Å². The van der Waals surface area contributed by atoms with Gasteiger partial charge in [-0.3, -0.25) is 4.79 Å². The summed E-state index contributed by atoms with van der Waals surface area (Å²) in [6, 6.07) is 16.2. The van der Waals surface area contributed by atoms with Crippen molar-refractivity contribution in [2.75, 3.05) is 0 Å². The first-order valence-electron chi connectivity index (χ1n) is 9.50. The number of hydrogen-bond donors (Lipinski definition) is 1.